The molecule has 70 valence electrons. The zero-order chi connectivity index (χ0) is 8.77. The van der Waals surface area contributed by atoms with Crippen molar-refractivity contribution in [3.05, 3.63) is 0 Å². The van der Waals surface area contributed by atoms with Crippen LogP contribution in [0, 0.1) is 0 Å². The third-order valence-corrected chi connectivity index (χ3v) is 3.33. The smallest absolute Gasteiger partial charge is 0.0284 e. The SMILES string of the molecule is CC(C)N1CC2CCC(C)(C1)N2. The maximum Gasteiger partial charge on any atom is 0.0284 e. The summed E-state index contributed by atoms with van der Waals surface area (Å²) in [6.07, 6.45) is 2.74. The van der Waals surface area contributed by atoms with Gasteiger partial charge in [0.25, 0.3) is 0 Å². The summed E-state index contributed by atoms with van der Waals surface area (Å²) in [7, 11) is 0. The van der Waals surface area contributed by atoms with Gasteiger partial charge in [0.1, 0.15) is 0 Å². The molecule has 2 heteroatoms. The van der Waals surface area contributed by atoms with E-state index in [2.05, 4.69) is 31.0 Å². The minimum Gasteiger partial charge on any atom is -0.306 e. The van der Waals surface area contributed by atoms with Crippen LogP contribution in [0.1, 0.15) is 33.6 Å². The minimum atomic E-state index is 0.424. The number of nitrogens with one attached hydrogen (secondary N) is 1. The first kappa shape index (κ1) is 8.52. The van der Waals surface area contributed by atoms with Gasteiger partial charge in [0.2, 0.25) is 0 Å². The molecule has 2 bridgehead atoms. The van der Waals surface area contributed by atoms with E-state index in [0.717, 1.165) is 6.04 Å². The van der Waals surface area contributed by atoms with E-state index in [-0.39, 0.29) is 0 Å². The van der Waals surface area contributed by atoms with Crippen LogP contribution in [0.5, 0.6) is 0 Å². The molecule has 2 aliphatic rings. The Morgan fingerprint density at radius 3 is 2.83 bits per heavy atom. The van der Waals surface area contributed by atoms with E-state index >= 15 is 0 Å². The number of rotatable bonds is 1. The second kappa shape index (κ2) is 2.71. The highest BCUT2D eigenvalue weighted by Gasteiger charge is 2.41. The second-order valence-corrected chi connectivity index (χ2v) is 4.96. The molecule has 0 aliphatic carbocycles. The summed E-state index contributed by atoms with van der Waals surface area (Å²) in [6.45, 7) is 9.46. The lowest BCUT2D eigenvalue weighted by Crippen LogP contribution is -2.59. The number of likely N-dealkylation sites (tertiary alicyclic amines) is 1. The third kappa shape index (κ3) is 1.38. The fourth-order valence-corrected chi connectivity index (χ4v) is 2.58. The predicted molar refractivity (Wildman–Crippen MR) is 51.3 cm³/mol. The molecule has 2 saturated heterocycles. The van der Waals surface area contributed by atoms with Crippen molar-refractivity contribution in [2.24, 2.45) is 0 Å². The largest absolute Gasteiger partial charge is 0.306 e. The fraction of sp³-hybridized carbons (Fsp3) is 1.00. The van der Waals surface area contributed by atoms with E-state index in [9.17, 15) is 0 Å². The molecule has 0 radical (unpaired) electrons. The van der Waals surface area contributed by atoms with Crippen molar-refractivity contribution in [1.82, 2.24) is 10.2 Å². The van der Waals surface area contributed by atoms with Gasteiger partial charge in [-0.15, -0.1) is 0 Å². The summed E-state index contributed by atoms with van der Waals surface area (Å²) in [5.74, 6) is 0. The van der Waals surface area contributed by atoms with Crippen molar-refractivity contribution in [3.63, 3.8) is 0 Å². The number of hydrogen-bond donors (Lipinski definition) is 1. The van der Waals surface area contributed by atoms with Crippen LogP contribution in [-0.4, -0.2) is 35.6 Å². The van der Waals surface area contributed by atoms with Gasteiger partial charge in [0, 0.05) is 30.7 Å². The van der Waals surface area contributed by atoms with Crippen LogP contribution < -0.4 is 5.32 Å². The van der Waals surface area contributed by atoms with E-state index in [1.54, 1.807) is 0 Å². The zero-order valence-corrected chi connectivity index (χ0v) is 8.43. The van der Waals surface area contributed by atoms with Crippen LogP contribution in [0.3, 0.4) is 0 Å². The van der Waals surface area contributed by atoms with E-state index in [1.807, 2.05) is 0 Å². The van der Waals surface area contributed by atoms with E-state index < -0.39 is 0 Å². The molecule has 2 heterocycles. The molecule has 12 heavy (non-hydrogen) atoms. The van der Waals surface area contributed by atoms with E-state index in [1.165, 1.54) is 25.9 Å². The lowest BCUT2D eigenvalue weighted by atomic mass is 9.99. The quantitative estimate of drug-likeness (QED) is 0.633. The monoisotopic (exact) mass is 168 g/mol. The lowest BCUT2D eigenvalue weighted by molar-refractivity contribution is 0.119. The molecule has 0 aromatic carbocycles. The van der Waals surface area contributed by atoms with Crippen molar-refractivity contribution in [3.8, 4) is 0 Å². The molecule has 2 fully saturated rings. The first-order chi connectivity index (χ1) is 5.59. The molecule has 2 unspecified atom stereocenters. The average Bonchev–Trinajstić information content (AvgIpc) is 2.25. The van der Waals surface area contributed by atoms with Crippen LogP contribution in [0.25, 0.3) is 0 Å². The van der Waals surface area contributed by atoms with Crippen LogP contribution in [0.15, 0.2) is 0 Å². The number of hydrogen-bond acceptors (Lipinski definition) is 2. The van der Waals surface area contributed by atoms with Gasteiger partial charge in [-0.1, -0.05) is 0 Å². The van der Waals surface area contributed by atoms with Gasteiger partial charge >= 0.3 is 0 Å². The first-order valence-electron chi connectivity index (χ1n) is 5.11. The summed E-state index contributed by atoms with van der Waals surface area (Å²) in [4.78, 5) is 2.61. The van der Waals surface area contributed by atoms with Crippen molar-refractivity contribution < 1.29 is 0 Å². The van der Waals surface area contributed by atoms with E-state index in [0.29, 0.717) is 11.6 Å². The third-order valence-electron chi connectivity index (χ3n) is 3.33. The Labute approximate surface area is 75.3 Å². The second-order valence-electron chi connectivity index (χ2n) is 4.96. The molecular formula is C10H20N2. The highest BCUT2D eigenvalue weighted by molar-refractivity contribution is 5.02. The van der Waals surface area contributed by atoms with Crippen LogP contribution in [0.2, 0.25) is 0 Å². The number of nitrogens with zero attached hydrogens (tertiary/aromatic N) is 1. The molecule has 2 nitrogen and oxygen atoms in total. The van der Waals surface area contributed by atoms with Crippen molar-refractivity contribution in [1.29, 1.82) is 0 Å². The zero-order valence-electron chi connectivity index (χ0n) is 8.43. The molecule has 0 spiro atoms. The van der Waals surface area contributed by atoms with Gasteiger partial charge < -0.3 is 5.32 Å². The van der Waals surface area contributed by atoms with Crippen LogP contribution in [-0.2, 0) is 0 Å². The predicted octanol–water partition coefficient (Wildman–Crippen LogP) is 1.22. The summed E-state index contributed by atoms with van der Waals surface area (Å²) in [5, 5.41) is 3.71. The van der Waals surface area contributed by atoms with Gasteiger partial charge in [-0.25, -0.2) is 0 Å². The minimum absolute atomic E-state index is 0.424. The molecule has 2 atom stereocenters. The summed E-state index contributed by atoms with van der Waals surface area (Å²) in [6, 6.07) is 1.48. The normalized spacial score (nSPS) is 42.5. The Hall–Kier alpha value is -0.0800. The molecule has 0 amide bonds. The Morgan fingerprint density at radius 2 is 2.25 bits per heavy atom. The Kier molecular flexibility index (Phi) is 1.92. The summed E-state index contributed by atoms with van der Waals surface area (Å²) < 4.78 is 0. The van der Waals surface area contributed by atoms with Gasteiger partial charge in [-0.3, -0.25) is 4.90 Å². The van der Waals surface area contributed by atoms with Crippen LogP contribution >= 0.6 is 0 Å². The summed E-state index contributed by atoms with van der Waals surface area (Å²) in [5.41, 5.74) is 0.424. The Morgan fingerprint density at radius 1 is 1.50 bits per heavy atom. The van der Waals surface area contributed by atoms with Gasteiger partial charge in [-0.05, 0) is 33.6 Å². The first-order valence-corrected chi connectivity index (χ1v) is 5.11. The molecule has 2 aliphatic heterocycles. The lowest BCUT2D eigenvalue weighted by Gasteiger charge is -2.41. The number of piperazine rings is 1. The molecule has 2 rings (SSSR count). The highest BCUT2D eigenvalue weighted by atomic mass is 15.3. The molecule has 0 saturated carbocycles. The highest BCUT2D eigenvalue weighted by Crippen LogP contribution is 2.29. The maximum atomic E-state index is 3.71. The van der Waals surface area contributed by atoms with Gasteiger partial charge in [0.15, 0.2) is 0 Å². The van der Waals surface area contributed by atoms with E-state index in [4.69, 9.17) is 0 Å². The molecule has 1 N–H and O–H groups in total. The van der Waals surface area contributed by atoms with Crippen molar-refractivity contribution >= 4 is 0 Å². The average molecular weight is 168 g/mol. The Balaban J connectivity index is 2.06. The Bertz CT molecular complexity index is 179. The van der Waals surface area contributed by atoms with Crippen LogP contribution in [0.4, 0.5) is 0 Å². The van der Waals surface area contributed by atoms with Gasteiger partial charge in [0.05, 0.1) is 0 Å². The topological polar surface area (TPSA) is 15.3 Å². The molecular weight excluding hydrogens is 148 g/mol. The fourth-order valence-electron chi connectivity index (χ4n) is 2.58. The maximum absolute atomic E-state index is 3.71. The molecule has 0 aromatic heterocycles. The van der Waals surface area contributed by atoms with Crippen molar-refractivity contribution in [2.45, 2.75) is 51.2 Å². The summed E-state index contributed by atoms with van der Waals surface area (Å²) >= 11 is 0. The number of fused-ring (bicyclic) bond motifs is 2. The van der Waals surface area contributed by atoms with Gasteiger partial charge in [-0.2, -0.15) is 0 Å². The standard InChI is InChI=1S/C10H20N2/c1-8(2)12-6-9-4-5-10(3,7-12)11-9/h8-9,11H,4-7H2,1-3H3. The van der Waals surface area contributed by atoms with Crippen molar-refractivity contribution in [2.75, 3.05) is 13.1 Å². The molecule has 0 aromatic rings.